The standard InChI is InChI=1S/C44H31N5/c1-2-40-48-43-39(49(40)33-21-10-5-11-22-33)26-25-35-34-23-12-13-24-36(34)45-42(41(35)43)31-19-14-20-32(27-31)44-46-37(29-15-6-3-7-16-29)28-38(47-44)30-17-8-4-9-18-30/h3-28H,2H2,1H3. The van der Waals surface area contributed by atoms with Crippen LogP contribution in [-0.2, 0) is 6.42 Å². The van der Waals surface area contributed by atoms with Gasteiger partial charge in [0.05, 0.1) is 33.6 Å². The summed E-state index contributed by atoms with van der Waals surface area (Å²) in [6.07, 6.45) is 0.801. The Kier molecular flexibility index (Phi) is 7.02. The number of nitrogens with zero attached hydrogens (tertiary/aromatic N) is 5. The van der Waals surface area contributed by atoms with Crippen molar-refractivity contribution in [2.75, 3.05) is 0 Å². The van der Waals surface area contributed by atoms with Crippen molar-refractivity contribution in [3.05, 3.63) is 164 Å². The number of imidazole rings is 1. The smallest absolute Gasteiger partial charge is 0.160 e. The van der Waals surface area contributed by atoms with E-state index in [9.17, 15) is 0 Å². The topological polar surface area (TPSA) is 56.5 Å². The van der Waals surface area contributed by atoms with Crippen molar-refractivity contribution in [2.24, 2.45) is 0 Å². The Morgan fingerprint density at radius 2 is 1.10 bits per heavy atom. The second-order valence-corrected chi connectivity index (χ2v) is 12.2. The molecule has 0 unspecified atom stereocenters. The van der Waals surface area contributed by atoms with Gasteiger partial charge in [0, 0.05) is 45.1 Å². The number of para-hydroxylation sites is 2. The Morgan fingerprint density at radius 1 is 0.490 bits per heavy atom. The first-order chi connectivity index (χ1) is 24.2. The molecule has 5 heteroatoms. The summed E-state index contributed by atoms with van der Waals surface area (Å²) >= 11 is 0. The van der Waals surface area contributed by atoms with E-state index in [0.29, 0.717) is 5.82 Å². The monoisotopic (exact) mass is 629 g/mol. The number of benzene rings is 6. The second kappa shape index (κ2) is 12.0. The van der Waals surface area contributed by atoms with Gasteiger partial charge in [-0.05, 0) is 41.8 Å². The van der Waals surface area contributed by atoms with Gasteiger partial charge in [-0.3, -0.25) is 4.57 Å². The number of rotatable bonds is 6. The molecule has 0 spiro atoms. The molecule has 0 saturated carbocycles. The van der Waals surface area contributed by atoms with Gasteiger partial charge in [-0.15, -0.1) is 0 Å². The normalized spacial score (nSPS) is 11.4. The highest BCUT2D eigenvalue weighted by molar-refractivity contribution is 6.20. The van der Waals surface area contributed by atoms with Crippen LogP contribution in [-0.4, -0.2) is 24.5 Å². The lowest BCUT2D eigenvalue weighted by Gasteiger charge is -2.13. The van der Waals surface area contributed by atoms with Gasteiger partial charge in [0.15, 0.2) is 5.82 Å². The quantitative estimate of drug-likeness (QED) is 0.172. The zero-order valence-corrected chi connectivity index (χ0v) is 27.0. The molecular formula is C44H31N5. The summed E-state index contributed by atoms with van der Waals surface area (Å²) in [5.41, 5.74) is 10.7. The van der Waals surface area contributed by atoms with E-state index in [-0.39, 0.29) is 0 Å². The SMILES string of the molecule is CCc1nc2c3c(-c4cccc(-c5nc(-c6ccccc6)cc(-c6ccccc6)n5)c4)nc4ccccc4c3ccc2n1-c1ccccc1. The van der Waals surface area contributed by atoms with E-state index >= 15 is 0 Å². The first kappa shape index (κ1) is 28.7. The molecule has 3 heterocycles. The fourth-order valence-electron chi connectivity index (χ4n) is 6.84. The molecule has 0 N–H and O–H groups in total. The third kappa shape index (κ3) is 5.04. The summed E-state index contributed by atoms with van der Waals surface area (Å²) in [4.78, 5) is 20.9. The second-order valence-electron chi connectivity index (χ2n) is 12.2. The van der Waals surface area contributed by atoms with E-state index in [2.05, 4.69) is 121 Å². The predicted octanol–water partition coefficient (Wildman–Crippen LogP) is 10.7. The molecule has 0 radical (unpaired) electrons. The number of aromatic nitrogens is 5. The number of hydrogen-bond donors (Lipinski definition) is 0. The van der Waals surface area contributed by atoms with Crippen LogP contribution in [0.15, 0.2) is 158 Å². The minimum Gasteiger partial charge on any atom is -0.296 e. The Bertz CT molecular complexity index is 2570. The van der Waals surface area contributed by atoms with E-state index in [4.69, 9.17) is 19.9 Å². The highest BCUT2D eigenvalue weighted by Gasteiger charge is 2.20. The van der Waals surface area contributed by atoms with Crippen molar-refractivity contribution in [3.8, 4) is 50.8 Å². The zero-order chi connectivity index (χ0) is 32.7. The lowest BCUT2D eigenvalue weighted by molar-refractivity contribution is 0.908. The average molecular weight is 630 g/mol. The number of aryl methyl sites for hydroxylation is 1. The summed E-state index contributed by atoms with van der Waals surface area (Å²) < 4.78 is 2.28. The average Bonchev–Trinajstić information content (AvgIpc) is 3.57. The molecular weight excluding hydrogens is 599 g/mol. The number of hydrogen-bond acceptors (Lipinski definition) is 4. The molecule has 49 heavy (non-hydrogen) atoms. The Balaban J connectivity index is 1.29. The third-order valence-electron chi connectivity index (χ3n) is 9.15. The minimum absolute atomic E-state index is 0.666. The maximum Gasteiger partial charge on any atom is 0.160 e. The van der Waals surface area contributed by atoms with Crippen LogP contribution in [0.4, 0.5) is 0 Å². The maximum atomic E-state index is 5.34. The van der Waals surface area contributed by atoms with Crippen LogP contribution < -0.4 is 0 Å². The molecule has 0 aliphatic rings. The molecule has 0 atom stereocenters. The molecule has 0 aliphatic carbocycles. The van der Waals surface area contributed by atoms with Crippen LogP contribution in [0.3, 0.4) is 0 Å². The van der Waals surface area contributed by atoms with Crippen molar-refractivity contribution in [1.29, 1.82) is 0 Å². The largest absolute Gasteiger partial charge is 0.296 e. The summed E-state index contributed by atoms with van der Waals surface area (Å²) in [5.74, 6) is 1.68. The van der Waals surface area contributed by atoms with Gasteiger partial charge in [-0.1, -0.05) is 128 Å². The van der Waals surface area contributed by atoms with E-state index in [1.165, 1.54) is 0 Å². The van der Waals surface area contributed by atoms with Gasteiger partial charge >= 0.3 is 0 Å². The van der Waals surface area contributed by atoms with Crippen molar-refractivity contribution >= 4 is 32.7 Å². The van der Waals surface area contributed by atoms with E-state index in [1.807, 2.05) is 48.5 Å². The van der Waals surface area contributed by atoms with Gasteiger partial charge in [-0.25, -0.2) is 19.9 Å². The van der Waals surface area contributed by atoms with Crippen LogP contribution >= 0.6 is 0 Å². The maximum absolute atomic E-state index is 5.34. The molecule has 5 nitrogen and oxygen atoms in total. The predicted molar refractivity (Wildman–Crippen MR) is 201 cm³/mol. The van der Waals surface area contributed by atoms with Crippen LogP contribution in [0.1, 0.15) is 12.7 Å². The van der Waals surface area contributed by atoms with Gasteiger partial charge in [-0.2, -0.15) is 0 Å². The Hall–Kier alpha value is -6.46. The fourth-order valence-corrected chi connectivity index (χ4v) is 6.84. The molecule has 3 aromatic heterocycles. The number of pyridine rings is 1. The lowest BCUT2D eigenvalue weighted by Crippen LogP contribution is -1.99. The first-order valence-electron chi connectivity index (χ1n) is 16.6. The molecule has 9 rings (SSSR count). The molecule has 0 amide bonds. The number of fused-ring (bicyclic) bond motifs is 5. The molecule has 232 valence electrons. The van der Waals surface area contributed by atoms with Crippen LogP contribution in [0.2, 0.25) is 0 Å². The molecule has 0 aliphatic heterocycles. The van der Waals surface area contributed by atoms with Crippen LogP contribution in [0.25, 0.3) is 83.6 Å². The van der Waals surface area contributed by atoms with E-state index in [0.717, 1.165) is 90.0 Å². The first-order valence-corrected chi connectivity index (χ1v) is 16.6. The van der Waals surface area contributed by atoms with Crippen molar-refractivity contribution in [3.63, 3.8) is 0 Å². The Labute approximate surface area is 284 Å². The third-order valence-corrected chi connectivity index (χ3v) is 9.15. The van der Waals surface area contributed by atoms with E-state index < -0.39 is 0 Å². The zero-order valence-electron chi connectivity index (χ0n) is 27.0. The Morgan fingerprint density at radius 3 is 1.80 bits per heavy atom. The van der Waals surface area contributed by atoms with Gasteiger partial charge in [0.1, 0.15) is 5.82 Å². The van der Waals surface area contributed by atoms with E-state index in [1.54, 1.807) is 0 Å². The molecule has 0 saturated heterocycles. The highest BCUT2D eigenvalue weighted by Crippen LogP contribution is 2.39. The van der Waals surface area contributed by atoms with Gasteiger partial charge < -0.3 is 0 Å². The molecule has 0 bridgehead atoms. The summed E-state index contributed by atoms with van der Waals surface area (Å²) in [6, 6.07) is 54.4. The lowest BCUT2D eigenvalue weighted by atomic mass is 9.97. The highest BCUT2D eigenvalue weighted by atomic mass is 15.1. The van der Waals surface area contributed by atoms with Crippen molar-refractivity contribution in [2.45, 2.75) is 13.3 Å². The summed E-state index contributed by atoms with van der Waals surface area (Å²) in [5, 5.41) is 3.28. The van der Waals surface area contributed by atoms with Gasteiger partial charge in [0.25, 0.3) is 0 Å². The minimum atomic E-state index is 0.666. The molecule has 0 fully saturated rings. The summed E-state index contributed by atoms with van der Waals surface area (Å²) in [7, 11) is 0. The molecule has 6 aromatic carbocycles. The van der Waals surface area contributed by atoms with Crippen molar-refractivity contribution in [1.82, 2.24) is 24.5 Å². The summed E-state index contributed by atoms with van der Waals surface area (Å²) in [6.45, 7) is 2.16. The van der Waals surface area contributed by atoms with Crippen molar-refractivity contribution < 1.29 is 0 Å². The molecule has 9 aromatic rings. The van der Waals surface area contributed by atoms with Gasteiger partial charge in [0.2, 0.25) is 0 Å². The fraction of sp³-hybridized carbons (Fsp3) is 0.0455. The van der Waals surface area contributed by atoms with Crippen LogP contribution in [0, 0.1) is 0 Å². The van der Waals surface area contributed by atoms with Crippen LogP contribution in [0.5, 0.6) is 0 Å².